The van der Waals surface area contributed by atoms with Crippen LogP contribution in [0.3, 0.4) is 0 Å². The molecule has 0 fully saturated rings. The van der Waals surface area contributed by atoms with Crippen LogP contribution in [0.4, 0.5) is 16.5 Å². The van der Waals surface area contributed by atoms with Gasteiger partial charge in [-0.3, -0.25) is 9.59 Å². The SMILES string of the molecule is CSc1nsc(N=Nc2ccc(N(CCOC(C)=O)CCOC(C)=O)cc2C(=O)O)n1. The lowest BCUT2D eigenvalue weighted by Crippen LogP contribution is -2.32. The molecule has 0 saturated heterocycles. The van der Waals surface area contributed by atoms with E-state index in [2.05, 4.69) is 19.6 Å². The van der Waals surface area contributed by atoms with Crippen LogP contribution in [0.1, 0.15) is 24.2 Å². The Kier molecular flexibility index (Phi) is 9.34. The molecule has 0 radical (unpaired) electrons. The Labute approximate surface area is 186 Å². The van der Waals surface area contributed by atoms with Crippen molar-refractivity contribution in [2.75, 3.05) is 37.5 Å². The zero-order valence-electron chi connectivity index (χ0n) is 17.1. The molecule has 0 unspecified atom stereocenters. The van der Waals surface area contributed by atoms with Crippen LogP contribution in [0.2, 0.25) is 0 Å². The Bertz CT molecular complexity index is 945. The smallest absolute Gasteiger partial charge is 0.338 e. The number of nitrogens with zero attached hydrogens (tertiary/aromatic N) is 5. The maximum absolute atomic E-state index is 11.8. The third-order valence-electron chi connectivity index (χ3n) is 3.73. The average molecular weight is 468 g/mol. The van der Waals surface area contributed by atoms with Gasteiger partial charge in [0.15, 0.2) is 0 Å². The highest BCUT2D eigenvalue weighted by Crippen LogP contribution is 2.28. The standard InChI is InChI=1S/C18H21N5O6S2/c1-11(24)28-8-6-23(7-9-29-12(2)25)13-4-5-15(14(10-13)16(26)27)20-21-17-19-18(30-3)22-31-17/h4-5,10H,6-9H2,1-3H3,(H,26,27). The number of carboxylic acids is 1. The summed E-state index contributed by atoms with van der Waals surface area (Å²) in [7, 11) is 0. The normalized spacial score (nSPS) is 10.8. The maximum atomic E-state index is 11.8. The van der Waals surface area contributed by atoms with Crippen LogP contribution in [0.5, 0.6) is 0 Å². The van der Waals surface area contributed by atoms with E-state index in [-0.39, 0.29) is 37.6 Å². The zero-order valence-corrected chi connectivity index (χ0v) is 18.7. The fourth-order valence-corrected chi connectivity index (χ4v) is 3.42. The largest absolute Gasteiger partial charge is 0.478 e. The monoisotopic (exact) mass is 467 g/mol. The van der Waals surface area contributed by atoms with E-state index < -0.39 is 17.9 Å². The van der Waals surface area contributed by atoms with Gasteiger partial charge in [0.25, 0.3) is 0 Å². The van der Waals surface area contributed by atoms with Gasteiger partial charge < -0.3 is 19.5 Å². The molecule has 11 nitrogen and oxygen atoms in total. The van der Waals surface area contributed by atoms with Crippen molar-refractivity contribution >= 4 is 57.7 Å². The van der Waals surface area contributed by atoms with Crippen molar-refractivity contribution in [2.24, 2.45) is 10.2 Å². The van der Waals surface area contributed by atoms with Crippen molar-refractivity contribution in [3.8, 4) is 0 Å². The molecule has 1 aromatic heterocycles. The minimum absolute atomic E-state index is 0.0687. The molecule has 1 N–H and O–H groups in total. The van der Waals surface area contributed by atoms with Gasteiger partial charge in [0, 0.05) is 31.1 Å². The number of aromatic carboxylic acids is 1. The molecular formula is C18H21N5O6S2. The molecule has 1 aromatic carbocycles. The predicted octanol–water partition coefficient (Wildman–Crippen LogP) is 3.31. The number of hydrogen-bond acceptors (Lipinski definition) is 12. The molecule has 2 aromatic rings. The summed E-state index contributed by atoms with van der Waals surface area (Å²) < 4.78 is 14.0. The van der Waals surface area contributed by atoms with Gasteiger partial charge in [-0.05, 0) is 24.5 Å². The number of carbonyl (C=O) groups is 3. The van der Waals surface area contributed by atoms with Crippen molar-refractivity contribution in [3.05, 3.63) is 23.8 Å². The number of benzene rings is 1. The van der Waals surface area contributed by atoms with Crippen LogP contribution in [-0.4, -0.2) is 64.9 Å². The first-order valence-electron chi connectivity index (χ1n) is 8.98. The molecule has 0 bridgehead atoms. The van der Waals surface area contributed by atoms with Gasteiger partial charge in [-0.15, -0.1) is 10.2 Å². The van der Waals surface area contributed by atoms with Crippen molar-refractivity contribution in [2.45, 2.75) is 19.0 Å². The van der Waals surface area contributed by atoms with Crippen molar-refractivity contribution < 1.29 is 29.0 Å². The Morgan fingerprint density at radius 1 is 1.13 bits per heavy atom. The van der Waals surface area contributed by atoms with E-state index in [0.717, 1.165) is 11.5 Å². The molecule has 166 valence electrons. The predicted molar refractivity (Wildman–Crippen MR) is 115 cm³/mol. The lowest BCUT2D eigenvalue weighted by molar-refractivity contribution is -0.141. The average Bonchev–Trinajstić information content (AvgIpc) is 3.18. The Balaban J connectivity index is 2.24. The van der Waals surface area contributed by atoms with Gasteiger partial charge in [-0.2, -0.15) is 9.36 Å². The molecule has 2 rings (SSSR count). The second kappa shape index (κ2) is 12.0. The van der Waals surface area contributed by atoms with Crippen LogP contribution in [0.15, 0.2) is 33.6 Å². The number of aromatic nitrogens is 2. The van der Waals surface area contributed by atoms with Gasteiger partial charge in [0.05, 0.1) is 18.7 Å². The lowest BCUT2D eigenvalue weighted by atomic mass is 10.1. The van der Waals surface area contributed by atoms with Crippen molar-refractivity contribution in [1.29, 1.82) is 0 Å². The molecule has 1 heterocycles. The fraction of sp³-hybridized carbons (Fsp3) is 0.389. The van der Waals surface area contributed by atoms with Crippen LogP contribution >= 0.6 is 23.3 Å². The molecule has 0 aliphatic rings. The number of thioether (sulfide) groups is 1. The number of ether oxygens (including phenoxy) is 2. The van der Waals surface area contributed by atoms with Crippen LogP contribution in [-0.2, 0) is 19.1 Å². The van der Waals surface area contributed by atoms with E-state index >= 15 is 0 Å². The minimum Gasteiger partial charge on any atom is -0.478 e. The summed E-state index contributed by atoms with van der Waals surface area (Å²) in [6.07, 6.45) is 1.83. The first-order valence-corrected chi connectivity index (χ1v) is 11.0. The second-order valence-electron chi connectivity index (χ2n) is 5.94. The van der Waals surface area contributed by atoms with E-state index in [0.29, 0.717) is 16.0 Å². The summed E-state index contributed by atoms with van der Waals surface area (Å²) in [6.45, 7) is 3.34. The minimum atomic E-state index is -1.18. The van der Waals surface area contributed by atoms with Gasteiger partial charge in [0.2, 0.25) is 10.3 Å². The molecule has 0 atom stereocenters. The number of esters is 2. The first kappa shape index (κ1) is 24.2. The molecule has 0 amide bonds. The summed E-state index contributed by atoms with van der Waals surface area (Å²) >= 11 is 2.42. The highest BCUT2D eigenvalue weighted by molar-refractivity contribution is 7.98. The van der Waals surface area contributed by atoms with E-state index in [1.807, 2.05) is 6.26 Å². The summed E-state index contributed by atoms with van der Waals surface area (Å²) in [4.78, 5) is 39.7. The van der Waals surface area contributed by atoms with Crippen molar-refractivity contribution in [1.82, 2.24) is 9.36 Å². The highest BCUT2D eigenvalue weighted by Gasteiger charge is 2.16. The molecule has 0 saturated carbocycles. The van der Waals surface area contributed by atoms with E-state index in [4.69, 9.17) is 9.47 Å². The number of anilines is 1. The molecule has 13 heteroatoms. The molecule has 0 aliphatic carbocycles. The second-order valence-corrected chi connectivity index (χ2v) is 7.44. The van der Waals surface area contributed by atoms with Gasteiger partial charge >= 0.3 is 17.9 Å². The zero-order chi connectivity index (χ0) is 22.8. The lowest BCUT2D eigenvalue weighted by Gasteiger charge is -2.25. The number of carbonyl (C=O) groups excluding carboxylic acids is 2. The molecular weight excluding hydrogens is 446 g/mol. The van der Waals surface area contributed by atoms with Gasteiger partial charge in [-0.25, -0.2) is 4.79 Å². The quantitative estimate of drug-likeness (QED) is 0.297. The molecule has 0 aliphatic heterocycles. The van der Waals surface area contributed by atoms with Crippen LogP contribution in [0, 0.1) is 0 Å². The van der Waals surface area contributed by atoms with Gasteiger partial charge in [0.1, 0.15) is 18.9 Å². The Morgan fingerprint density at radius 3 is 2.29 bits per heavy atom. The first-order chi connectivity index (χ1) is 14.8. The fourth-order valence-electron chi connectivity index (χ4n) is 2.37. The summed E-state index contributed by atoms with van der Waals surface area (Å²) in [5.41, 5.74) is 0.620. The third kappa shape index (κ3) is 7.94. The summed E-state index contributed by atoms with van der Waals surface area (Å²) in [5.74, 6) is -2.04. The summed E-state index contributed by atoms with van der Waals surface area (Å²) in [5, 5.41) is 18.5. The van der Waals surface area contributed by atoms with Gasteiger partial charge in [-0.1, -0.05) is 11.8 Å². The molecule has 0 spiro atoms. The summed E-state index contributed by atoms with van der Waals surface area (Å²) in [6, 6.07) is 4.62. The van der Waals surface area contributed by atoms with Crippen molar-refractivity contribution in [3.63, 3.8) is 0 Å². The Morgan fingerprint density at radius 2 is 1.77 bits per heavy atom. The Hall–Kier alpha value is -3.06. The van der Waals surface area contributed by atoms with E-state index in [1.54, 1.807) is 11.0 Å². The number of rotatable bonds is 11. The van der Waals surface area contributed by atoms with Crippen LogP contribution in [0.25, 0.3) is 0 Å². The number of hydrogen-bond donors (Lipinski definition) is 1. The molecule has 31 heavy (non-hydrogen) atoms. The van der Waals surface area contributed by atoms with Crippen LogP contribution < -0.4 is 4.90 Å². The number of azo groups is 1. The van der Waals surface area contributed by atoms with E-state index in [9.17, 15) is 19.5 Å². The maximum Gasteiger partial charge on any atom is 0.338 e. The number of carboxylic acid groups (broad SMARTS) is 1. The highest BCUT2D eigenvalue weighted by atomic mass is 32.2. The topological polar surface area (TPSA) is 144 Å². The third-order valence-corrected chi connectivity index (χ3v) is 5.00. The van der Waals surface area contributed by atoms with E-state index in [1.165, 1.54) is 37.7 Å².